The Kier molecular flexibility index (Phi) is 14.1. The summed E-state index contributed by atoms with van der Waals surface area (Å²) in [5, 5.41) is 9.78. The zero-order valence-corrected chi connectivity index (χ0v) is 25.4. The second-order valence-electron chi connectivity index (χ2n) is 12.2. The van der Waals surface area contributed by atoms with Crippen molar-refractivity contribution < 1.29 is 23.4 Å². The normalized spacial score (nSPS) is 16.3. The number of halogens is 2. The molecule has 1 saturated carbocycles. The van der Waals surface area contributed by atoms with Gasteiger partial charge in [-0.25, -0.2) is 13.6 Å². The summed E-state index contributed by atoms with van der Waals surface area (Å²) in [5.41, 5.74) is 0.727. The number of carboxylic acids is 1. The third-order valence-electron chi connectivity index (χ3n) is 9.09. The third kappa shape index (κ3) is 10.4. The molecule has 1 aliphatic carbocycles. The predicted octanol–water partition coefficient (Wildman–Crippen LogP) is 10.7. The summed E-state index contributed by atoms with van der Waals surface area (Å²) in [6.07, 6.45) is 16.4. The Morgan fingerprint density at radius 2 is 1.56 bits per heavy atom. The minimum atomic E-state index is -2.13. The Hall–Kier alpha value is -2.43. The smallest absolute Gasteiger partial charge is 0.341 e. The molecule has 1 fully saturated rings. The molecule has 2 aromatic carbocycles. The van der Waals surface area contributed by atoms with E-state index in [-0.39, 0.29) is 24.1 Å². The zero-order chi connectivity index (χ0) is 29.5. The molecule has 0 saturated heterocycles. The summed E-state index contributed by atoms with van der Waals surface area (Å²) in [6.45, 7) is 4.79. The number of alkyl halides is 1. The minimum Gasteiger partial charge on any atom is -0.491 e. The van der Waals surface area contributed by atoms with Gasteiger partial charge in [0.25, 0.3) is 0 Å². The van der Waals surface area contributed by atoms with Crippen LogP contribution in [0.4, 0.5) is 8.78 Å². The van der Waals surface area contributed by atoms with Crippen LogP contribution in [0.25, 0.3) is 11.1 Å². The lowest BCUT2D eigenvalue weighted by Crippen LogP contribution is -2.44. The average molecular weight is 571 g/mol. The lowest BCUT2D eigenvalue weighted by Gasteiger charge is -2.35. The second kappa shape index (κ2) is 17.5. The molecule has 0 spiro atoms. The minimum absolute atomic E-state index is 0.0186. The SMILES string of the molecule is CCCCCCCCCCOc1ccc(-c2ccc(CCC(CC)C[C@@](F)(C(=O)O)C3CCCCC3)cc2)cc1F. The van der Waals surface area contributed by atoms with Gasteiger partial charge in [-0.1, -0.05) is 115 Å². The fourth-order valence-electron chi connectivity index (χ4n) is 6.31. The largest absolute Gasteiger partial charge is 0.491 e. The van der Waals surface area contributed by atoms with Crippen molar-refractivity contribution in [3.8, 4) is 16.9 Å². The fraction of sp³-hybridized carbons (Fsp3) is 0.639. The van der Waals surface area contributed by atoms with Crippen molar-refractivity contribution >= 4 is 5.97 Å². The highest BCUT2D eigenvalue weighted by atomic mass is 19.1. The molecule has 1 unspecified atom stereocenters. The molecule has 2 atom stereocenters. The summed E-state index contributed by atoms with van der Waals surface area (Å²) in [5.74, 6) is -1.68. The molecule has 228 valence electrons. The predicted molar refractivity (Wildman–Crippen MR) is 165 cm³/mol. The van der Waals surface area contributed by atoms with Gasteiger partial charge in [0, 0.05) is 5.92 Å². The van der Waals surface area contributed by atoms with Crippen LogP contribution in [0.5, 0.6) is 5.75 Å². The molecule has 0 aliphatic heterocycles. The quantitative estimate of drug-likeness (QED) is 0.171. The maximum absolute atomic E-state index is 15.8. The van der Waals surface area contributed by atoms with Crippen LogP contribution in [-0.4, -0.2) is 23.4 Å². The lowest BCUT2D eigenvalue weighted by atomic mass is 9.73. The Morgan fingerprint density at radius 3 is 2.17 bits per heavy atom. The summed E-state index contributed by atoms with van der Waals surface area (Å²) in [4.78, 5) is 12.0. The number of aliphatic carboxylic acids is 1. The average Bonchev–Trinajstić information content (AvgIpc) is 2.99. The number of hydrogen-bond donors (Lipinski definition) is 1. The van der Waals surface area contributed by atoms with Crippen LogP contribution in [0, 0.1) is 17.7 Å². The number of carbonyl (C=O) groups is 1. The maximum atomic E-state index is 15.8. The topological polar surface area (TPSA) is 46.5 Å². The number of unbranched alkanes of at least 4 members (excludes halogenated alkanes) is 7. The van der Waals surface area contributed by atoms with Gasteiger partial charge < -0.3 is 9.84 Å². The summed E-state index contributed by atoms with van der Waals surface area (Å²) in [6, 6.07) is 13.2. The lowest BCUT2D eigenvalue weighted by molar-refractivity contribution is -0.158. The number of rotatable bonds is 19. The third-order valence-corrected chi connectivity index (χ3v) is 9.09. The van der Waals surface area contributed by atoms with Crippen LogP contribution in [0.2, 0.25) is 0 Å². The van der Waals surface area contributed by atoms with Crippen molar-refractivity contribution in [2.45, 2.75) is 129 Å². The van der Waals surface area contributed by atoms with Gasteiger partial charge in [-0.05, 0) is 73.3 Å². The summed E-state index contributed by atoms with van der Waals surface area (Å²) >= 11 is 0. The van der Waals surface area contributed by atoms with Crippen molar-refractivity contribution in [3.63, 3.8) is 0 Å². The molecule has 0 radical (unpaired) electrons. The van der Waals surface area contributed by atoms with Crippen molar-refractivity contribution in [2.75, 3.05) is 6.61 Å². The monoisotopic (exact) mass is 570 g/mol. The second-order valence-corrected chi connectivity index (χ2v) is 12.2. The molecule has 0 bridgehead atoms. The number of benzene rings is 2. The maximum Gasteiger partial charge on any atom is 0.341 e. The Morgan fingerprint density at radius 1 is 0.927 bits per heavy atom. The van der Waals surface area contributed by atoms with E-state index < -0.39 is 11.6 Å². The van der Waals surface area contributed by atoms with Gasteiger partial charge in [0.1, 0.15) is 0 Å². The van der Waals surface area contributed by atoms with Gasteiger partial charge in [0.15, 0.2) is 11.6 Å². The molecular formula is C36H52F2O3. The van der Waals surface area contributed by atoms with E-state index in [0.29, 0.717) is 25.2 Å². The first-order valence-corrected chi connectivity index (χ1v) is 16.3. The molecule has 3 nitrogen and oxygen atoms in total. The number of aryl methyl sites for hydroxylation is 1. The highest BCUT2D eigenvalue weighted by Crippen LogP contribution is 2.41. The Bertz CT molecular complexity index is 1030. The molecule has 1 aliphatic rings. The highest BCUT2D eigenvalue weighted by Gasteiger charge is 2.47. The van der Waals surface area contributed by atoms with E-state index >= 15 is 4.39 Å². The van der Waals surface area contributed by atoms with Crippen molar-refractivity contribution in [3.05, 3.63) is 53.8 Å². The van der Waals surface area contributed by atoms with Gasteiger partial charge in [-0.2, -0.15) is 0 Å². The van der Waals surface area contributed by atoms with E-state index in [0.717, 1.165) is 68.1 Å². The zero-order valence-electron chi connectivity index (χ0n) is 25.4. The molecule has 41 heavy (non-hydrogen) atoms. The van der Waals surface area contributed by atoms with Gasteiger partial charge >= 0.3 is 5.97 Å². The van der Waals surface area contributed by atoms with Gasteiger partial charge in [-0.15, -0.1) is 0 Å². The molecule has 5 heteroatoms. The van der Waals surface area contributed by atoms with Crippen LogP contribution in [0.3, 0.4) is 0 Å². The number of carboxylic acid groups (broad SMARTS) is 1. The molecule has 0 aromatic heterocycles. The van der Waals surface area contributed by atoms with Gasteiger partial charge in [0.05, 0.1) is 6.61 Å². The molecule has 3 rings (SSSR count). The molecular weight excluding hydrogens is 518 g/mol. The van der Waals surface area contributed by atoms with E-state index in [1.54, 1.807) is 6.07 Å². The van der Waals surface area contributed by atoms with Crippen molar-refractivity contribution in [1.82, 2.24) is 0 Å². The molecule has 2 aromatic rings. The fourth-order valence-corrected chi connectivity index (χ4v) is 6.31. The van der Waals surface area contributed by atoms with Crippen LogP contribution >= 0.6 is 0 Å². The van der Waals surface area contributed by atoms with E-state index in [9.17, 15) is 14.3 Å². The van der Waals surface area contributed by atoms with E-state index in [1.165, 1.54) is 44.6 Å². The van der Waals surface area contributed by atoms with E-state index in [1.807, 2.05) is 37.3 Å². The van der Waals surface area contributed by atoms with Crippen molar-refractivity contribution in [1.29, 1.82) is 0 Å². The first-order chi connectivity index (χ1) is 19.9. The van der Waals surface area contributed by atoms with Crippen LogP contribution in [-0.2, 0) is 11.2 Å². The van der Waals surface area contributed by atoms with Crippen LogP contribution < -0.4 is 4.74 Å². The standard InChI is InChI=1S/C36H52F2O3/c1-3-5-6-7-8-9-10-14-25-41-34-24-23-31(26-33(34)37)30-21-19-29(20-22-30)18-17-28(4-2)27-36(38,35(39)40)32-15-12-11-13-16-32/h19-24,26,28,32H,3-18,25,27H2,1-2H3,(H,39,40)/t28?,36-/m0/s1. The Labute approximate surface area is 247 Å². The van der Waals surface area contributed by atoms with Crippen LogP contribution in [0.15, 0.2) is 42.5 Å². The first-order valence-electron chi connectivity index (χ1n) is 16.3. The van der Waals surface area contributed by atoms with Crippen LogP contribution in [0.1, 0.15) is 122 Å². The van der Waals surface area contributed by atoms with Crippen molar-refractivity contribution in [2.24, 2.45) is 11.8 Å². The molecule has 0 amide bonds. The Balaban J connectivity index is 1.46. The van der Waals surface area contributed by atoms with Gasteiger partial charge in [-0.3, -0.25) is 0 Å². The summed E-state index contributed by atoms with van der Waals surface area (Å²) in [7, 11) is 0. The molecule has 0 heterocycles. The number of ether oxygens (including phenoxy) is 1. The molecule has 1 N–H and O–H groups in total. The van der Waals surface area contributed by atoms with E-state index in [4.69, 9.17) is 4.74 Å². The summed E-state index contributed by atoms with van der Waals surface area (Å²) < 4.78 is 36.2. The first kappa shape index (κ1) is 33.1. The number of hydrogen-bond acceptors (Lipinski definition) is 2. The highest BCUT2D eigenvalue weighted by molar-refractivity contribution is 5.77. The van der Waals surface area contributed by atoms with E-state index in [2.05, 4.69) is 6.92 Å². The van der Waals surface area contributed by atoms with Gasteiger partial charge in [0.2, 0.25) is 5.67 Å².